The molecule has 4 aromatic rings. The number of methoxy groups -OCH3 is 1. The summed E-state index contributed by atoms with van der Waals surface area (Å²) in [5, 5.41) is 0. The fraction of sp³-hybridized carbons (Fsp3) is 0.219. The molecule has 0 saturated heterocycles. The first-order valence-electron chi connectivity index (χ1n) is 12.2. The molecule has 1 aliphatic carbocycles. The van der Waals surface area contributed by atoms with Gasteiger partial charge >= 0.3 is 33.4 Å². The summed E-state index contributed by atoms with van der Waals surface area (Å²) in [5.74, 6) is 7.80. The van der Waals surface area contributed by atoms with Crippen molar-refractivity contribution in [3.63, 3.8) is 0 Å². The second-order valence-electron chi connectivity index (χ2n) is 9.10. The van der Waals surface area contributed by atoms with Gasteiger partial charge in [0.2, 0.25) is 0 Å². The van der Waals surface area contributed by atoms with Gasteiger partial charge in [-0.2, -0.15) is 0 Å². The van der Waals surface area contributed by atoms with Crippen molar-refractivity contribution in [1.29, 1.82) is 0 Å². The van der Waals surface area contributed by atoms with Crippen molar-refractivity contribution in [2.24, 2.45) is 0 Å². The number of ether oxygens (including phenoxy) is 1. The van der Waals surface area contributed by atoms with Crippen molar-refractivity contribution in [1.82, 2.24) is 9.55 Å². The van der Waals surface area contributed by atoms with Gasteiger partial charge in [0.1, 0.15) is 0 Å². The molecular weight excluding hydrogens is 672 g/mol. The second-order valence-corrected chi connectivity index (χ2v) is 9.10. The number of hydrogen-bond donors (Lipinski definition) is 0. The van der Waals surface area contributed by atoms with Crippen LogP contribution in [-0.2, 0) is 29.2 Å². The molecule has 1 aliphatic rings. The Balaban J connectivity index is 0.000000280. The van der Waals surface area contributed by atoms with Crippen LogP contribution >= 0.6 is 9.58 Å². The van der Waals surface area contributed by atoms with Crippen LogP contribution in [-0.4, -0.2) is 22.6 Å². The summed E-state index contributed by atoms with van der Waals surface area (Å²) >= 11 is 1.47. The Kier molecular flexibility index (Phi) is 11.1. The summed E-state index contributed by atoms with van der Waals surface area (Å²) < 4.78 is 6.97. The molecule has 1 heterocycles. The number of aromatic nitrogens is 2. The van der Waals surface area contributed by atoms with Crippen molar-refractivity contribution >= 4 is 26.6 Å². The summed E-state index contributed by atoms with van der Waals surface area (Å²) in [7, 11) is 6.02. The molecule has 197 valence electrons. The average Bonchev–Trinajstić information content (AvgIpc) is 3.41. The Morgan fingerprint density at radius 1 is 0.868 bits per heavy atom. The first-order valence-corrected chi connectivity index (χ1v) is 15.2. The number of fused-ring (bicyclic) bond motifs is 1. The topological polar surface area (TPSA) is 44.1 Å². The van der Waals surface area contributed by atoms with Gasteiger partial charge in [0, 0.05) is 6.54 Å². The van der Waals surface area contributed by atoms with Gasteiger partial charge in [0.05, 0.1) is 29.5 Å². The molecule has 0 atom stereocenters. The number of carbonyl (C=O) groups excluding carboxylic acids is 1. The van der Waals surface area contributed by atoms with Crippen LogP contribution in [0.4, 0.5) is 0 Å². The van der Waals surface area contributed by atoms with Gasteiger partial charge in [-0.1, -0.05) is 65.0 Å². The summed E-state index contributed by atoms with van der Waals surface area (Å²) in [6.07, 6.45) is 0. The molecule has 1 saturated carbocycles. The van der Waals surface area contributed by atoms with E-state index in [-0.39, 0.29) is 5.97 Å². The summed E-state index contributed by atoms with van der Waals surface area (Å²) in [6.45, 7) is 11.7. The Labute approximate surface area is 241 Å². The molecule has 0 spiro atoms. The Hall–Kier alpha value is -2.46. The Morgan fingerprint density at radius 3 is 1.97 bits per heavy atom. The van der Waals surface area contributed by atoms with E-state index in [4.69, 9.17) is 9.72 Å². The number of hydrogen-bond acceptors (Lipinski definition) is 3. The summed E-state index contributed by atoms with van der Waals surface area (Å²) in [5.41, 5.74) is 4.32. The third-order valence-corrected chi connectivity index (χ3v) is 7.12. The van der Waals surface area contributed by atoms with Gasteiger partial charge in [-0.15, -0.1) is 35.9 Å². The zero-order chi connectivity index (χ0) is 27.8. The molecule has 1 fully saturated rings. The van der Waals surface area contributed by atoms with E-state index in [2.05, 4.69) is 67.0 Å². The van der Waals surface area contributed by atoms with E-state index in [1.807, 2.05) is 48.5 Å². The van der Waals surface area contributed by atoms with Gasteiger partial charge < -0.3 is 9.30 Å². The molecule has 3 aromatic carbocycles. The minimum absolute atomic E-state index is 0.364. The maximum atomic E-state index is 11.8. The minimum atomic E-state index is -0.364. The van der Waals surface area contributed by atoms with Gasteiger partial charge in [-0.05, 0) is 53.4 Å². The van der Waals surface area contributed by atoms with E-state index >= 15 is 0 Å². The molecule has 4 nitrogen and oxygen atoms in total. The molecule has 0 amide bonds. The van der Waals surface area contributed by atoms with E-state index in [1.165, 1.54) is 60.2 Å². The third-order valence-electron chi connectivity index (χ3n) is 7.12. The van der Waals surface area contributed by atoms with Crippen LogP contribution in [0.25, 0.3) is 22.4 Å². The number of benzene rings is 3. The molecule has 0 bridgehead atoms. The average molecular weight is 704 g/mol. The van der Waals surface area contributed by atoms with E-state index in [0.717, 1.165) is 22.4 Å². The van der Waals surface area contributed by atoms with Gasteiger partial charge in [0.15, 0.2) is 0 Å². The molecule has 1 aromatic heterocycles. The monoisotopic (exact) mass is 704 g/mol. The molecule has 0 unspecified atom stereocenters. The summed E-state index contributed by atoms with van der Waals surface area (Å²) in [4.78, 5) is 16.6. The van der Waals surface area contributed by atoms with Crippen molar-refractivity contribution in [2.45, 2.75) is 41.2 Å². The second kappa shape index (κ2) is 14.1. The standard InChI is InChI=1S/C22H17N2O2.C10H15.ClH.Ir/c1-26-22(25)18-12-13-20-19(14-18)23-21(17-10-6-3-7-11-17)24(20)15-16-8-4-2-5-9-16;1-6-7(2)9(4)10(5)8(6)3;;/h2-10,12-14H,15H2,1H3;1-5H3;1H;/q-1;;;+3/p-1. The number of nitrogens with zero attached hydrogens (tertiary/aromatic N) is 2. The number of carbonyl (C=O) groups is 1. The van der Waals surface area contributed by atoms with Crippen LogP contribution in [0, 0.1) is 35.7 Å². The van der Waals surface area contributed by atoms with Crippen LogP contribution in [0.5, 0.6) is 0 Å². The maximum absolute atomic E-state index is 11.8. The first-order chi connectivity index (χ1) is 18.3. The Morgan fingerprint density at radius 2 is 1.45 bits per heavy atom. The molecular formula is C32H32ClIrN2O2+. The molecule has 6 heteroatoms. The Bertz CT molecular complexity index is 1260. The zero-order valence-electron chi connectivity index (χ0n) is 22.6. The first kappa shape index (κ1) is 30.1. The number of imidazole rings is 1. The van der Waals surface area contributed by atoms with Crippen LogP contribution in [0.15, 0.2) is 72.8 Å². The quantitative estimate of drug-likeness (QED) is 0.160. The van der Waals surface area contributed by atoms with Gasteiger partial charge in [-0.25, -0.2) is 4.79 Å². The predicted molar refractivity (Wildman–Crippen MR) is 151 cm³/mol. The van der Waals surface area contributed by atoms with Crippen molar-refractivity contribution < 1.29 is 27.4 Å². The number of esters is 1. The number of rotatable bonds is 4. The van der Waals surface area contributed by atoms with Crippen LogP contribution in [0.1, 0.15) is 50.5 Å². The van der Waals surface area contributed by atoms with E-state index in [1.54, 1.807) is 12.1 Å². The van der Waals surface area contributed by atoms with Crippen LogP contribution in [0.2, 0.25) is 0 Å². The fourth-order valence-electron chi connectivity index (χ4n) is 4.44. The molecule has 0 aliphatic heterocycles. The van der Waals surface area contributed by atoms with Gasteiger partial charge in [0.25, 0.3) is 0 Å². The normalized spacial score (nSPS) is 15.1. The fourth-order valence-corrected chi connectivity index (χ4v) is 4.44. The van der Waals surface area contributed by atoms with Gasteiger partial charge in [-0.3, -0.25) is 4.98 Å². The molecule has 38 heavy (non-hydrogen) atoms. The van der Waals surface area contributed by atoms with Crippen LogP contribution in [0.3, 0.4) is 0 Å². The zero-order valence-corrected chi connectivity index (χ0v) is 25.7. The van der Waals surface area contributed by atoms with Crippen molar-refractivity contribution in [2.75, 3.05) is 7.11 Å². The molecule has 5 rings (SSSR count). The third kappa shape index (κ3) is 6.75. The predicted octanol–water partition coefficient (Wildman–Crippen LogP) is 8.00. The summed E-state index contributed by atoms with van der Waals surface area (Å²) in [6, 6.07) is 26.7. The van der Waals surface area contributed by atoms with Crippen LogP contribution < -0.4 is 0 Å². The van der Waals surface area contributed by atoms with E-state index in [0.29, 0.717) is 12.1 Å². The van der Waals surface area contributed by atoms with E-state index in [9.17, 15) is 4.79 Å². The van der Waals surface area contributed by atoms with Crippen molar-refractivity contribution in [3.05, 3.63) is 120 Å². The molecule has 5 radical (unpaired) electrons. The number of halogens is 1. The van der Waals surface area contributed by atoms with E-state index < -0.39 is 0 Å². The molecule has 0 N–H and O–H groups in total. The SMILES string of the molecule is COC(=O)c1ccc2c(c1)nc(-c1[c-]cccc1)n2Cc1ccccc1.C[C]1[C](C)[C](C)[C](C)[C]1C.[Cl][Ir+2]. The van der Waals surface area contributed by atoms with Crippen molar-refractivity contribution in [3.8, 4) is 11.4 Å².